The smallest absolute Gasteiger partial charge is 0.419 e. The first kappa shape index (κ1) is 10.8. The lowest BCUT2D eigenvalue weighted by atomic mass is 10.2. The first-order chi connectivity index (χ1) is 6.46. The van der Waals surface area contributed by atoms with Crippen molar-refractivity contribution in [3.05, 3.63) is 29.6 Å². The van der Waals surface area contributed by atoms with Crippen LogP contribution < -0.4 is 4.74 Å². The Bertz CT molecular complexity index is 319. The van der Waals surface area contributed by atoms with E-state index in [1.807, 2.05) is 0 Å². The predicted molar refractivity (Wildman–Crippen MR) is 42.6 cm³/mol. The Morgan fingerprint density at radius 3 is 2.43 bits per heavy atom. The fourth-order valence-electron chi connectivity index (χ4n) is 0.997. The number of halogens is 4. The Labute approximate surface area is 78.3 Å². The van der Waals surface area contributed by atoms with Gasteiger partial charge in [0.15, 0.2) is 11.6 Å². The van der Waals surface area contributed by atoms with Gasteiger partial charge in [-0.15, -0.1) is 0 Å². The molecule has 1 rings (SSSR count). The van der Waals surface area contributed by atoms with Gasteiger partial charge in [0.25, 0.3) is 0 Å². The highest BCUT2D eigenvalue weighted by molar-refractivity contribution is 5.32. The van der Waals surface area contributed by atoms with Gasteiger partial charge in [0.2, 0.25) is 0 Å². The third-order valence-corrected chi connectivity index (χ3v) is 1.57. The molecule has 0 spiro atoms. The van der Waals surface area contributed by atoms with E-state index in [9.17, 15) is 17.6 Å². The van der Waals surface area contributed by atoms with Crippen molar-refractivity contribution in [2.45, 2.75) is 13.1 Å². The molecule has 1 aromatic rings. The highest BCUT2D eigenvalue weighted by Gasteiger charge is 2.35. The Balaban J connectivity index is 3.14. The van der Waals surface area contributed by atoms with Gasteiger partial charge in [-0.2, -0.15) is 13.2 Å². The molecule has 1 nitrogen and oxygen atoms in total. The first-order valence-electron chi connectivity index (χ1n) is 3.95. The van der Waals surface area contributed by atoms with Crippen LogP contribution in [0.15, 0.2) is 18.2 Å². The summed E-state index contributed by atoms with van der Waals surface area (Å²) in [6.07, 6.45) is -4.68. The minimum atomic E-state index is -4.68. The number of alkyl halides is 3. The molecule has 14 heavy (non-hydrogen) atoms. The van der Waals surface area contributed by atoms with E-state index < -0.39 is 17.6 Å². The van der Waals surface area contributed by atoms with Crippen molar-refractivity contribution in [3.63, 3.8) is 0 Å². The summed E-state index contributed by atoms with van der Waals surface area (Å²) in [5.74, 6) is -1.73. The number of benzene rings is 1. The van der Waals surface area contributed by atoms with Crippen LogP contribution in [0.2, 0.25) is 0 Å². The zero-order valence-electron chi connectivity index (χ0n) is 7.36. The van der Waals surface area contributed by atoms with Crippen LogP contribution in [0.4, 0.5) is 17.6 Å². The van der Waals surface area contributed by atoms with E-state index >= 15 is 0 Å². The van der Waals surface area contributed by atoms with Gasteiger partial charge >= 0.3 is 6.18 Å². The molecule has 0 bridgehead atoms. The van der Waals surface area contributed by atoms with Crippen LogP contribution in [0.5, 0.6) is 5.75 Å². The molecule has 0 aliphatic heterocycles. The van der Waals surface area contributed by atoms with Crippen molar-refractivity contribution < 1.29 is 22.3 Å². The first-order valence-corrected chi connectivity index (χ1v) is 3.95. The van der Waals surface area contributed by atoms with Gasteiger partial charge in [-0.05, 0) is 19.1 Å². The lowest BCUT2D eigenvalue weighted by Gasteiger charge is -2.10. The third kappa shape index (κ3) is 2.16. The Morgan fingerprint density at radius 1 is 1.29 bits per heavy atom. The predicted octanol–water partition coefficient (Wildman–Crippen LogP) is 3.24. The number of hydrogen-bond acceptors (Lipinski definition) is 1. The maximum Gasteiger partial charge on any atom is 0.419 e. The molecule has 0 atom stereocenters. The number of rotatable bonds is 2. The molecule has 0 saturated heterocycles. The fraction of sp³-hybridized carbons (Fsp3) is 0.333. The molecule has 5 heteroatoms. The Hall–Kier alpha value is -1.26. The van der Waals surface area contributed by atoms with Gasteiger partial charge in [0, 0.05) is 0 Å². The van der Waals surface area contributed by atoms with Gasteiger partial charge in [-0.1, -0.05) is 6.07 Å². The number of ether oxygens (including phenoxy) is 1. The van der Waals surface area contributed by atoms with E-state index in [-0.39, 0.29) is 12.4 Å². The topological polar surface area (TPSA) is 9.23 Å². The summed E-state index contributed by atoms with van der Waals surface area (Å²) < 4.78 is 54.3. The van der Waals surface area contributed by atoms with Gasteiger partial charge in [-0.25, -0.2) is 4.39 Å². The highest BCUT2D eigenvalue weighted by Crippen LogP contribution is 2.34. The largest absolute Gasteiger partial charge is 0.491 e. The summed E-state index contributed by atoms with van der Waals surface area (Å²) in [7, 11) is 0. The molecule has 0 N–H and O–H groups in total. The molecule has 0 aromatic heterocycles. The minimum Gasteiger partial charge on any atom is -0.491 e. The molecule has 0 aliphatic rings. The quantitative estimate of drug-likeness (QED) is 0.678. The van der Waals surface area contributed by atoms with Gasteiger partial charge in [0.1, 0.15) is 0 Å². The van der Waals surface area contributed by atoms with Crippen molar-refractivity contribution in [1.29, 1.82) is 0 Å². The summed E-state index contributed by atoms with van der Waals surface area (Å²) in [5, 5.41) is 0. The minimum absolute atomic E-state index is 0.123. The maximum atomic E-state index is 13.1. The normalized spacial score (nSPS) is 11.5. The van der Waals surface area contributed by atoms with Gasteiger partial charge < -0.3 is 4.74 Å². The lowest BCUT2D eigenvalue weighted by molar-refractivity contribution is -0.140. The summed E-state index contributed by atoms with van der Waals surface area (Å²) in [4.78, 5) is 0. The molecule has 0 aliphatic carbocycles. The standard InChI is InChI=1S/C9H8F4O/c1-2-14-7-5-3-4-6(8(7)10)9(11,12)13/h3-5H,2H2,1H3. The SMILES string of the molecule is CCOc1cccc(C(F)(F)F)c1F. The maximum absolute atomic E-state index is 13.1. The van der Waals surface area contributed by atoms with Crippen LogP contribution in [0, 0.1) is 5.82 Å². The molecule has 0 amide bonds. The second kappa shape index (κ2) is 3.86. The van der Waals surface area contributed by atoms with Crippen molar-refractivity contribution in [1.82, 2.24) is 0 Å². The van der Waals surface area contributed by atoms with Crippen molar-refractivity contribution in [2.24, 2.45) is 0 Å². The average molecular weight is 208 g/mol. The summed E-state index contributed by atoms with van der Waals surface area (Å²) >= 11 is 0. The van der Waals surface area contributed by atoms with E-state index in [0.717, 1.165) is 12.1 Å². The van der Waals surface area contributed by atoms with Crippen LogP contribution in [-0.4, -0.2) is 6.61 Å². The van der Waals surface area contributed by atoms with Crippen LogP contribution >= 0.6 is 0 Å². The van der Waals surface area contributed by atoms with Crippen molar-refractivity contribution in [2.75, 3.05) is 6.61 Å². The lowest BCUT2D eigenvalue weighted by Crippen LogP contribution is -2.09. The summed E-state index contributed by atoms with van der Waals surface area (Å²) in [6, 6.07) is 2.95. The zero-order chi connectivity index (χ0) is 10.8. The summed E-state index contributed by atoms with van der Waals surface area (Å²) in [5.41, 5.74) is -1.30. The van der Waals surface area contributed by atoms with E-state index in [2.05, 4.69) is 0 Å². The molecule has 0 saturated carbocycles. The van der Waals surface area contributed by atoms with Crippen LogP contribution in [-0.2, 0) is 6.18 Å². The van der Waals surface area contributed by atoms with Crippen LogP contribution in [0.1, 0.15) is 12.5 Å². The van der Waals surface area contributed by atoms with Gasteiger partial charge in [0.05, 0.1) is 12.2 Å². The molecule has 0 heterocycles. The van der Waals surface area contributed by atoms with E-state index in [1.165, 1.54) is 0 Å². The molecular formula is C9H8F4O. The summed E-state index contributed by atoms with van der Waals surface area (Å²) in [6.45, 7) is 1.69. The highest BCUT2D eigenvalue weighted by atomic mass is 19.4. The monoisotopic (exact) mass is 208 g/mol. The zero-order valence-corrected chi connectivity index (χ0v) is 7.36. The molecule has 0 fully saturated rings. The Kier molecular flexibility index (Phi) is 2.98. The second-order valence-corrected chi connectivity index (χ2v) is 2.55. The van der Waals surface area contributed by atoms with Crippen LogP contribution in [0.25, 0.3) is 0 Å². The van der Waals surface area contributed by atoms with Crippen molar-refractivity contribution in [3.8, 4) is 5.75 Å². The van der Waals surface area contributed by atoms with Gasteiger partial charge in [-0.3, -0.25) is 0 Å². The average Bonchev–Trinajstić information content (AvgIpc) is 2.07. The fourth-order valence-corrected chi connectivity index (χ4v) is 0.997. The van der Waals surface area contributed by atoms with E-state index in [4.69, 9.17) is 4.74 Å². The molecular weight excluding hydrogens is 200 g/mol. The van der Waals surface area contributed by atoms with Crippen molar-refractivity contribution >= 4 is 0 Å². The number of hydrogen-bond donors (Lipinski definition) is 0. The molecule has 0 radical (unpaired) electrons. The Morgan fingerprint density at radius 2 is 1.93 bits per heavy atom. The third-order valence-electron chi connectivity index (χ3n) is 1.57. The second-order valence-electron chi connectivity index (χ2n) is 2.55. The van der Waals surface area contributed by atoms with E-state index in [1.54, 1.807) is 6.92 Å². The molecule has 1 aromatic carbocycles. The molecule has 78 valence electrons. The van der Waals surface area contributed by atoms with Crippen LogP contribution in [0.3, 0.4) is 0 Å². The van der Waals surface area contributed by atoms with E-state index in [0.29, 0.717) is 6.07 Å². The molecule has 0 unspecified atom stereocenters.